The number of nitrogens with two attached hydrogens (primary N) is 1. The Morgan fingerprint density at radius 3 is 2.20 bits per heavy atom. The molecule has 2 N–H and O–H groups in total. The van der Waals surface area contributed by atoms with Crippen LogP contribution >= 0.6 is 0 Å². The summed E-state index contributed by atoms with van der Waals surface area (Å²) in [5, 5.41) is 0. The van der Waals surface area contributed by atoms with Gasteiger partial charge in [-0.1, -0.05) is 20.3 Å². The molecular weight excluding hydrogens is 190 g/mol. The summed E-state index contributed by atoms with van der Waals surface area (Å²) in [6.07, 6.45) is 3.96. The molecular formula is C8H17BrN-. The van der Waals surface area contributed by atoms with Crippen LogP contribution < -0.4 is 22.7 Å². The Hall–Kier alpha value is 0.440. The molecule has 0 amide bonds. The summed E-state index contributed by atoms with van der Waals surface area (Å²) in [4.78, 5) is 0. The highest BCUT2D eigenvalue weighted by atomic mass is 79.9. The van der Waals surface area contributed by atoms with E-state index in [0.29, 0.717) is 6.04 Å². The predicted molar refractivity (Wildman–Crippen MR) is 40.2 cm³/mol. The third-order valence-electron chi connectivity index (χ3n) is 2.52. The highest BCUT2D eigenvalue weighted by Gasteiger charge is 2.21. The zero-order valence-electron chi connectivity index (χ0n) is 6.81. The Bertz CT molecular complexity index is 95.3. The minimum atomic E-state index is 0. The summed E-state index contributed by atoms with van der Waals surface area (Å²) in [5.74, 6) is 1.64. The quantitative estimate of drug-likeness (QED) is 0.529. The molecule has 1 fully saturated rings. The topological polar surface area (TPSA) is 26.0 Å². The fraction of sp³-hybridized carbons (Fsp3) is 1.00. The van der Waals surface area contributed by atoms with E-state index in [1.807, 2.05) is 0 Å². The van der Waals surface area contributed by atoms with Crippen molar-refractivity contribution in [3.05, 3.63) is 0 Å². The van der Waals surface area contributed by atoms with Crippen molar-refractivity contribution in [2.45, 2.75) is 39.2 Å². The fourth-order valence-corrected chi connectivity index (χ4v) is 1.58. The van der Waals surface area contributed by atoms with Gasteiger partial charge in [-0.2, -0.15) is 0 Å². The van der Waals surface area contributed by atoms with E-state index in [4.69, 9.17) is 5.73 Å². The van der Waals surface area contributed by atoms with Crippen LogP contribution in [-0.4, -0.2) is 6.04 Å². The predicted octanol–water partition coefficient (Wildman–Crippen LogP) is -1.23. The second kappa shape index (κ2) is 4.35. The second-order valence-corrected chi connectivity index (χ2v) is 3.56. The molecule has 1 rings (SSSR count). The average Bonchev–Trinajstić information content (AvgIpc) is 1.80. The van der Waals surface area contributed by atoms with Gasteiger partial charge in [0.2, 0.25) is 0 Å². The first-order valence-electron chi connectivity index (χ1n) is 3.95. The van der Waals surface area contributed by atoms with Crippen LogP contribution in [0.3, 0.4) is 0 Å². The van der Waals surface area contributed by atoms with E-state index in [9.17, 15) is 0 Å². The normalized spacial score (nSPS) is 40.5. The molecule has 0 bridgehead atoms. The molecule has 0 aromatic carbocycles. The molecule has 1 saturated carbocycles. The maximum absolute atomic E-state index is 5.87. The van der Waals surface area contributed by atoms with Crippen molar-refractivity contribution in [1.29, 1.82) is 0 Å². The zero-order valence-corrected chi connectivity index (χ0v) is 8.39. The maximum atomic E-state index is 5.87. The zero-order chi connectivity index (χ0) is 6.85. The largest absolute Gasteiger partial charge is 1.00 e. The van der Waals surface area contributed by atoms with Crippen LogP contribution in [0.4, 0.5) is 0 Å². The summed E-state index contributed by atoms with van der Waals surface area (Å²) in [7, 11) is 0. The molecule has 1 aliphatic rings. The van der Waals surface area contributed by atoms with Crippen LogP contribution in [-0.2, 0) is 0 Å². The van der Waals surface area contributed by atoms with Gasteiger partial charge in [0.05, 0.1) is 0 Å². The smallest absolute Gasteiger partial charge is 0.00670 e. The van der Waals surface area contributed by atoms with E-state index in [-0.39, 0.29) is 17.0 Å². The highest BCUT2D eigenvalue weighted by molar-refractivity contribution is 4.77. The van der Waals surface area contributed by atoms with Crippen LogP contribution in [0.1, 0.15) is 33.1 Å². The van der Waals surface area contributed by atoms with E-state index in [1.165, 1.54) is 19.3 Å². The van der Waals surface area contributed by atoms with Crippen molar-refractivity contribution in [3.63, 3.8) is 0 Å². The van der Waals surface area contributed by atoms with E-state index in [1.54, 1.807) is 0 Å². The molecule has 0 aliphatic heterocycles. The SMILES string of the molecule is CC1CCC(C)C(N)C1.[Br-]. The lowest BCUT2D eigenvalue weighted by Gasteiger charge is -2.29. The van der Waals surface area contributed by atoms with Gasteiger partial charge in [-0.3, -0.25) is 0 Å². The Balaban J connectivity index is 0.000000810. The molecule has 2 heteroatoms. The van der Waals surface area contributed by atoms with Crippen molar-refractivity contribution in [1.82, 2.24) is 0 Å². The summed E-state index contributed by atoms with van der Waals surface area (Å²) >= 11 is 0. The number of rotatable bonds is 0. The third kappa shape index (κ3) is 2.59. The number of halogens is 1. The van der Waals surface area contributed by atoms with Gasteiger partial charge in [0.25, 0.3) is 0 Å². The summed E-state index contributed by atoms with van der Waals surface area (Å²) in [6, 6.07) is 0.480. The van der Waals surface area contributed by atoms with E-state index < -0.39 is 0 Å². The van der Waals surface area contributed by atoms with Gasteiger partial charge in [0.15, 0.2) is 0 Å². The van der Waals surface area contributed by atoms with Crippen molar-refractivity contribution < 1.29 is 17.0 Å². The first-order valence-corrected chi connectivity index (χ1v) is 3.95. The Morgan fingerprint density at radius 1 is 1.20 bits per heavy atom. The van der Waals surface area contributed by atoms with E-state index >= 15 is 0 Å². The molecule has 0 saturated heterocycles. The average molecular weight is 207 g/mol. The van der Waals surface area contributed by atoms with Gasteiger partial charge in [-0.15, -0.1) is 0 Å². The minimum Gasteiger partial charge on any atom is -1.00 e. The molecule has 10 heavy (non-hydrogen) atoms. The van der Waals surface area contributed by atoms with Crippen molar-refractivity contribution >= 4 is 0 Å². The third-order valence-corrected chi connectivity index (χ3v) is 2.52. The molecule has 1 aliphatic carbocycles. The van der Waals surface area contributed by atoms with Gasteiger partial charge >= 0.3 is 0 Å². The lowest BCUT2D eigenvalue weighted by molar-refractivity contribution is -0.00000229. The van der Waals surface area contributed by atoms with Crippen molar-refractivity contribution in [2.24, 2.45) is 17.6 Å². The monoisotopic (exact) mass is 206 g/mol. The molecule has 0 heterocycles. The minimum absolute atomic E-state index is 0. The Morgan fingerprint density at radius 2 is 1.80 bits per heavy atom. The first kappa shape index (κ1) is 10.4. The summed E-state index contributed by atoms with van der Waals surface area (Å²) in [5.41, 5.74) is 5.87. The number of hydrogen-bond acceptors (Lipinski definition) is 1. The molecule has 0 spiro atoms. The van der Waals surface area contributed by atoms with Crippen molar-refractivity contribution in [3.8, 4) is 0 Å². The Labute approximate surface area is 74.1 Å². The molecule has 0 aromatic heterocycles. The van der Waals surface area contributed by atoms with Gasteiger partial charge in [0, 0.05) is 6.04 Å². The van der Waals surface area contributed by atoms with Gasteiger partial charge in [-0.25, -0.2) is 0 Å². The van der Waals surface area contributed by atoms with Crippen LogP contribution in [0.2, 0.25) is 0 Å². The molecule has 62 valence electrons. The molecule has 1 nitrogen and oxygen atoms in total. The number of hydrogen-bond donors (Lipinski definition) is 1. The van der Waals surface area contributed by atoms with Gasteiger partial charge < -0.3 is 22.7 Å². The van der Waals surface area contributed by atoms with E-state index in [0.717, 1.165) is 11.8 Å². The molecule has 0 radical (unpaired) electrons. The summed E-state index contributed by atoms with van der Waals surface area (Å²) < 4.78 is 0. The van der Waals surface area contributed by atoms with Crippen LogP contribution in [0.15, 0.2) is 0 Å². The van der Waals surface area contributed by atoms with Crippen molar-refractivity contribution in [2.75, 3.05) is 0 Å². The maximum Gasteiger partial charge on any atom is 0.00670 e. The molecule has 0 aromatic rings. The summed E-state index contributed by atoms with van der Waals surface area (Å²) in [6.45, 7) is 4.56. The molecule has 3 atom stereocenters. The Kier molecular flexibility index (Phi) is 4.54. The fourth-order valence-electron chi connectivity index (χ4n) is 1.58. The molecule has 3 unspecified atom stereocenters. The van der Waals surface area contributed by atoms with Crippen LogP contribution in [0.5, 0.6) is 0 Å². The van der Waals surface area contributed by atoms with E-state index in [2.05, 4.69) is 13.8 Å². The lowest BCUT2D eigenvalue weighted by atomic mass is 9.81. The van der Waals surface area contributed by atoms with Gasteiger partial charge in [-0.05, 0) is 24.7 Å². The first-order chi connectivity index (χ1) is 4.20. The lowest BCUT2D eigenvalue weighted by Crippen LogP contribution is -3.00. The highest BCUT2D eigenvalue weighted by Crippen LogP contribution is 2.26. The second-order valence-electron chi connectivity index (χ2n) is 3.56. The standard InChI is InChI=1S/C8H17N.BrH/c1-6-3-4-7(2)8(9)5-6;/h6-8H,3-5,9H2,1-2H3;1H/p-1. The van der Waals surface area contributed by atoms with Crippen LogP contribution in [0.25, 0.3) is 0 Å². The van der Waals surface area contributed by atoms with Gasteiger partial charge in [0.1, 0.15) is 0 Å². The van der Waals surface area contributed by atoms with Crippen LogP contribution in [0, 0.1) is 11.8 Å².